The highest BCUT2D eigenvalue weighted by Gasteiger charge is 2.10. The van der Waals surface area contributed by atoms with Gasteiger partial charge in [-0.3, -0.25) is 0 Å². The molecular formula is C8H19NO3S. The fourth-order valence-corrected chi connectivity index (χ4v) is 2.41. The van der Waals surface area contributed by atoms with Crippen molar-refractivity contribution in [3.8, 4) is 0 Å². The average molecular weight is 209 g/mol. The van der Waals surface area contributed by atoms with Crippen molar-refractivity contribution in [3.05, 3.63) is 0 Å². The summed E-state index contributed by atoms with van der Waals surface area (Å²) < 4.78 is 24.9. The molecule has 0 spiro atoms. The molecule has 0 radical (unpaired) electrons. The SMILES string of the molecule is CC(C)CS(=O)(=O)NCCCCO. The molecule has 0 heterocycles. The number of sulfonamides is 1. The lowest BCUT2D eigenvalue weighted by atomic mass is 10.3. The van der Waals surface area contributed by atoms with Gasteiger partial charge < -0.3 is 5.11 Å². The van der Waals surface area contributed by atoms with Gasteiger partial charge in [-0.15, -0.1) is 0 Å². The van der Waals surface area contributed by atoms with E-state index in [1.807, 2.05) is 13.8 Å². The Morgan fingerprint density at radius 1 is 1.31 bits per heavy atom. The number of nitrogens with one attached hydrogen (secondary N) is 1. The Labute approximate surface area is 80.4 Å². The van der Waals surface area contributed by atoms with Gasteiger partial charge in [0.15, 0.2) is 0 Å². The minimum absolute atomic E-state index is 0.117. The van der Waals surface area contributed by atoms with E-state index in [0.29, 0.717) is 19.4 Å². The van der Waals surface area contributed by atoms with Gasteiger partial charge in [0.25, 0.3) is 0 Å². The number of hydrogen-bond acceptors (Lipinski definition) is 3. The van der Waals surface area contributed by atoms with Crippen LogP contribution < -0.4 is 4.72 Å². The highest BCUT2D eigenvalue weighted by Crippen LogP contribution is 1.97. The number of unbranched alkanes of at least 4 members (excludes halogenated alkanes) is 1. The number of rotatable bonds is 7. The third kappa shape index (κ3) is 8.21. The van der Waals surface area contributed by atoms with Crippen LogP contribution in [0.3, 0.4) is 0 Å². The highest BCUT2D eigenvalue weighted by atomic mass is 32.2. The molecule has 0 aliphatic rings. The zero-order chi connectivity index (χ0) is 10.3. The second-order valence-electron chi connectivity index (χ2n) is 3.50. The number of aliphatic hydroxyl groups is 1. The van der Waals surface area contributed by atoms with Crippen molar-refractivity contribution >= 4 is 10.0 Å². The van der Waals surface area contributed by atoms with Crippen molar-refractivity contribution in [1.82, 2.24) is 4.72 Å². The maximum atomic E-state index is 11.2. The van der Waals surface area contributed by atoms with Gasteiger partial charge in [-0.2, -0.15) is 0 Å². The molecule has 0 atom stereocenters. The Morgan fingerprint density at radius 3 is 2.38 bits per heavy atom. The summed E-state index contributed by atoms with van der Waals surface area (Å²) in [4.78, 5) is 0. The first-order valence-corrected chi connectivity index (χ1v) is 6.21. The Hall–Kier alpha value is -0.130. The maximum absolute atomic E-state index is 11.2. The molecule has 0 rings (SSSR count). The van der Waals surface area contributed by atoms with Crippen LogP contribution in [0.2, 0.25) is 0 Å². The molecule has 4 nitrogen and oxygen atoms in total. The van der Waals surface area contributed by atoms with E-state index >= 15 is 0 Å². The van der Waals surface area contributed by atoms with E-state index in [1.165, 1.54) is 0 Å². The van der Waals surface area contributed by atoms with Gasteiger partial charge >= 0.3 is 0 Å². The van der Waals surface area contributed by atoms with Crippen LogP contribution in [0.1, 0.15) is 26.7 Å². The third-order valence-electron chi connectivity index (χ3n) is 1.46. The van der Waals surface area contributed by atoms with Crippen molar-refractivity contribution in [2.45, 2.75) is 26.7 Å². The number of aliphatic hydroxyl groups excluding tert-OH is 1. The summed E-state index contributed by atoms with van der Waals surface area (Å²) in [5.74, 6) is 0.321. The van der Waals surface area contributed by atoms with E-state index in [9.17, 15) is 8.42 Å². The Morgan fingerprint density at radius 2 is 1.92 bits per heavy atom. The third-order valence-corrected chi connectivity index (χ3v) is 3.21. The van der Waals surface area contributed by atoms with Crippen molar-refractivity contribution in [2.24, 2.45) is 5.92 Å². The summed E-state index contributed by atoms with van der Waals surface area (Å²) in [5.41, 5.74) is 0. The Balaban J connectivity index is 3.64. The summed E-state index contributed by atoms with van der Waals surface area (Å²) in [6.07, 6.45) is 1.33. The van der Waals surface area contributed by atoms with E-state index in [1.54, 1.807) is 0 Å². The van der Waals surface area contributed by atoms with Crippen LogP contribution in [0, 0.1) is 5.92 Å². The van der Waals surface area contributed by atoms with Gasteiger partial charge in [-0.05, 0) is 18.8 Å². The lowest BCUT2D eigenvalue weighted by Gasteiger charge is -2.07. The van der Waals surface area contributed by atoms with Crippen LogP contribution in [0.5, 0.6) is 0 Å². The van der Waals surface area contributed by atoms with Crippen molar-refractivity contribution in [2.75, 3.05) is 18.9 Å². The quantitative estimate of drug-likeness (QED) is 0.594. The maximum Gasteiger partial charge on any atom is 0.211 e. The molecule has 0 saturated heterocycles. The van der Waals surface area contributed by atoms with E-state index in [4.69, 9.17) is 5.11 Å². The van der Waals surface area contributed by atoms with Crippen LogP contribution in [0.15, 0.2) is 0 Å². The van der Waals surface area contributed by atoms with Gasteiger partial charge in [-0.25, -0.2) is 13.1 Å². The minimum atomic E-state index is -3.09. The fraction of sp³-hybridized carbons (Fsp3) is 1.00. The normalized spacial score (nSPS) is 12.3. The molecule has 0 aliphatic heterocycles. The molecule has 0 aromatic carbocycles. The predicted molar refractivity (Wildman–Crippen MR) is 52.9 cm³/mol. The molecule has 0 bridgehead atoms. The molecule has 2 N–H and O–H groups in total. The second-order valence-corrected chi connectivity index (χ2v) is 5.35. The van der Waals surface area contributed by atoms with Gasteiger partial charge in [0.1, 0.15) is 0 Å². The number of hydrogen-bond donors (Lipinski definition) is 2. The first-order valence-electron chi connectivity index (χ1n) is 4.56. The molecule has 80 valence electrons. The molecule has 5 heteroatoms. The van der Waals surface area contributed by atoms with E-state index < -0.39 is 10.0 Å². The van der Waals surface area contributed by atoms with Crippen LogP contribution >= 0.6 is 0 Å². The summed E-state index contributed by atoms with van der Waals surface area (Å²) in [6, 6.07) is 0. The molecular weight excluding hydrogens is 190 g/mol. The topological polar surface area (TPSA) is 66.4 Å². The van der Waals surface area contributed by atoms with Crippen LogP contribution in [-0.4, -0.2) is 32.4 Å². The van der Waals surface area contributed by atoms with Crippen molar-refractivity contribution in [3.63, 3.8) is 0 Å². The monoisotopic (exact) mass is 209 g/mol. The lowest BCUT2D eigenvalue weighted by molar-refractivity contribution is 0.285. The molecule has 0 fully saturated rings. The molecule has 0 unspecified atom stereocenters. The summed E-state index contributed by atoms with van der Waals surface area (Å²) in [7, 11) is -3.09. The molecule has 0 aromatic rings. The average Bonchev–Trinajstić information content (AvgIpc) is 1.95. The van der Waals surface area contributed by atoms with Gasteiger partial charge in [-0.1, -0.05) is 13.8 Å². The zero-order valence-electron chi connectivity index (χ0n) is 8.28. The minimum Gasteiger partial charge on any atom is -0.396 e. The highest BCUT2D eigenvalue weighted by molar-refractivity contribution is 7.89. The fourth-order valence-electron chi connectivity index (χ4n) is 0.962. The second kappa shape index (κ2) is 6.34. The lowest BCUT2D eigenvalue weighted by Crippen LogP contribution is -2.29. The summed E-state index contributed by atoms with van der Waals surface area (Å²) >= 11 is 0. The van der Waals surface area contributed by atoms with Gasteiger partial charge in [0.2, 0.25) is 10.0 Å². The van der Waals surface area contributed by atoms with Crippen LogP contribution in [0.25, 0.3) is 0 Å². The molecule has 0 aliphatic carbocycles. The largest absolute Gasteiger partial charge is 0.396 e. The molecule has 13 heavy (non-hydrogen) atoms. The Bertz CT molecular complexity index is 211. The molecule has 0 amide bonds. The van der Waals surface area contributed by atoms with Gasteiger partial charge in [0, 0.05) is 13.2 Å². The van der Waals surface area contributed by atoms with E-state index in [0.717, 1.165) is 0 Å². The Kier molecular flexibility index (Phi) is 6.28. The zero-order valence-corrected chi connectivity index (χ0v) is 9.10. The van der Waals surface area contributed by atoms with Crippen molar-refractivity contribution in [1.29, 1.82) is 0 Å². The standard InChI is InChI=1S/C8H19NO3S/c1-8(2)7-13(11,12)9-5-3-4-6-10/h8-10H,3-7H2,1-2H3. The van der Waals surface area contributed by atoms with E-state index in [-0.39, 0.29) is 18.3 Å². The first kappa shape index (κ1) is 12.9. The van der Waals surface area contributed by atoms with E-state index in [2.05, 4.69) is 4.72 Å². The van der Waals surface area contributed by atoms with Crippen LogP contribution in [0.4, 0.5) is 0 Å². The first-order chi connectivity index (χ1) is 5.98. The molecule has 0 saturated carbocycles. The molecule has 0 aromatic heterocycles. The van der Waals surface area contributed by atoms with Crippen molar-refractivity contribution < 1.29 is 13.5 Å². The summed E-state index contributed by atoms with van der Waals surface area (Å²) in [6.45, 7) is 4.28. The summed E-state index contributed by atoms with van der Waals surface area (Å²) in [5, 5.41) is 8.46. The smallest absolute Gasteiger partial charge is 0.211 e. The van der Waals surface area contributed by atoms with Gasteiger partial charge in [0.05, 0.1) is 5.75 Å². The predicted octanol–water partition coefficient (Wildman–Crippen LogP) is 0.334. The van der Waals surface area contributed by atoms with Crippen LogP contribution in [-0.2, 0) is 10.0 Å².